The average Bonchev–Trinajstić information content (AvgIpc) is 2.97. The zero-order valence-electron chi connectivity index (χ0n) is 8.94. The number of fused-ring (bicyclic) bond motifs is 2. The van der Waals surface area contributed by atoms with Crippen LogP contribution in [-0.2, 0) is 0 Å². The largest absolute Gasteiger partial charge is 0.288 e. The van der Waals surface area contributed by atoms with E-state index < -0.39 is 0 Å². The second-order valence-electron chi connectivity index (χ2n) is 2.99. The lowest BCUT2D eigenvalue weighted by Crippen LogP contribution is -2.15. The van der Waals surface area contributed by atoms with Gasteiger partial charge in [-0.2, -0.15) is 0 Å². The summed E-state index contributed by atoms with van der Waals surface area (Å²) < 4.78 is 0. The van der Waals surface area contributed by atoms with Gasteiger partial charge in [0.05, 0.1) is 9.75 Å². The van der Waals surface area contributed by atoms with Crippen LogP contribution in [0.1, 0.15) is 44.3 Å². The predicted molar refractivity (Wildman–Crippen MR) is 66.9 cm³/mol. The molecule has 16 heavy (non-hydrogen) atoms. The maximum atomic E-state index is 11.8. The molecule has 0 unspecified atom stereocenters. The Kier molecular flexibility index (Phi) is 3.03. The van der Waals surface area contributed by atoms with Gasteiger partial charge < -0.3 is 0 Å². The van der Waals surface area contributed by atoms with Crippen LogP contribution in [0.5, 0.6) is 0 Å². The summed E-state index contributed by atoms with van der Waals surface area (Å²) in [6.07, 6.45) is 0. The van der Waals surface area contributed by atoms with E-state index in [0.717, 1.165) is 0 Å². The number of hydrogen-bond donors (Lipinski definition) is 0. The Bertz CT molecular complexity index is 458. The highest BCUT2D eigenvalue weighted by atomic mass is 32.1. The van der Waals surface area contributed by atoms with Crippen molar-refractivity contribution in [3.05, 3.63) is 43.8 Å². The molecule has 2 heterocycles. The molecule has 1 aliphatic carbocycles. The van der Waals surface area contributed by atoms with Gasteiger partial charge in [0.15, 0.2) is 5.78 Å². The number of rotatable bonds is 0. The van der Waals surface area contributed by atoms with E-state index in [-0.39, 0.29) is 11.6 Å². The van der Waals surface area contributed by atoms with Crippen LogP contribution in [0, 0.1) is 0 Å². The SMILES string of the molecule is CC.O=C1c2ccsc2C(=O)c2sccc21. The lowest BCUT2D eigenvalue weighted by Gasteiger charge is -2.08. The van der Waals surface area contributed by atoms with E-state index in [4.69, 9.17) is 0 Å². The summed E-state index contributed by atoms with van der Waals surface area (Å²) in [5, 5.41) is 3.58. The summed E-state index contributed by atoms with van der Waals surface area (Å²) in [6, 6.07) is 3.45. The van der Waals surface area contributed by atoms with Crippen molar-refractivity contribution in [3.8, 4) is 0 Å². The topological polar surface area (TPSA) is 34.1 Å². The van der Waals surface area contributed by atoms with Crippen LogP contribution in [0.4, 0.5) is 0 Å². The molecule has 2 nitrogen and oxygen atoms in total. The Morgan fingerprint density at radius 3 is 1.69 bits per heavy atom. The summed E-state index contributed by atoms with van der Waals surface area (Å²) in [5.41, 5.74) is 1.12. The predicted octanol–water partition coefficient (Wildman–Crippen LogP) is 3.61. The molecule has 82 valence electrons. The maximum Gasteiger partial charge on any atom is 0.214 e. The van der Waals surface area contributed by atoms with Gasteiger partial charge in [0.25, 0.3) is 0 Å². The van der Waals surface area contributed by atoms with Crippen molar-refractivity contribution in [1.29, 1.82) is 0 Å². The minimum atomic E-state index is -0.0166. The third kappa shape index (κ3) is 1.45. The van der Waals surface area contributed by atoms with Crippen LogP contribution in [0.25, 0.3) is 0 Å². The number of ketones is 2. The van der Waals surface area contributed by atoms with Gasteiger partial charge in [-0.3, -0.25) is 9.59 Å². The van der Waals surface area contributed by atoms with E-state index >= 15 is 0 Å². The average molecular weight is 250 g/mol. The smallest absolute Gasteiger partial charge is 0.214 e. The summed E-state index contributed by atoms with van der Waals surface area (Å²) in [6.45, 7) is 4.00. The zero-order chi connectivity index (χ0) is 11.7. The van der Waals surface area contributed by atoms with Gasteiger partial charge >= 0.3 is 0 Å². The molecule has 4 heteroatoms. The zero-order valence-corrected chi connectivity index (χ0v) is 10.6. The van der Waals surface area contributed by atoms with Crippen LogP contribution < -0.4 is 0 Å². The lowest BCUT2D eigenvalue weighted by atomic mass is 9.96. The number of carbonyl (C=O) groups is 2. The van der Waals surface area contributed by atoms with Gasteiger partial charge in [-0.25, -0.2) is 0 Å². The second kappa shape index (κ2) is 4.31. The maximum absolute atomic E-state index is 11.8. The molecule has 0 spiro atoms. The minimum Gasteiger partial charge on any atom is -0.288 e. The molecule has 0 N–H and O–H groups in total. The number of carbonyl (C=O) groups excluding carboxylic acids is 2. The molecule has 0 radical (unpaired) electrons. The highest BCUT2D eigenvalue weighted by Crippen LogP contribution is 2.33. The van der Waals surface area contributed by atoms with Crippen molar-refractivity contribution in [1.82, 2.24) is 0 Å². The number of hydrogen-bond acceptors (Lipinski definition) is 4. The lowest BCUT2D eigenvalue weighted by molar-refractivity contribution is 0.0986. The van der Waals surface area contributed by atoms with Gasteiger partial charge in [0, 0.05) is 11.1 Å². The van der Waals surface area contributed by atoms with Crippen LogP contribution in [-0.4, -0.2) is 11.6 Å². The summed E-state index contributed by atoms with van der Waals surface area (Å²) in [4.78, 5) is 24.9. The summed E-state index contributed by atoms with van der Waals surface area (Å²) in [7, 11) is 0. The first kappa shape index (κ1) is 11.2. The molecule has 0 aromatic carbocycles. The van der Waals surface area contributed by atoms with Crippen LogP contribution in [0.2, 0.25) is 0 Å². The Hall–Kier alpha value is -1.26. The molecular weight excluding hydrogens is 240 g/mol. The summed E-state index contributed by atoms with van der Waals surface area (Å²) >= 11 is 2.68. The van der Waals surface area contributed by atoms with Crippen molar-refractivity contribution in [2.24, 2.45) is 0 Å². The van der Waals surface area contributed by atoms with E-state index in [1.807, 2.05) is 13.8 Å². The molecule has 3 rings (SSSR count). The Labute approximate surface area is 102 Å². The molecule has 0 amide bonds. The normalized spacial score (nSPS) is 12.6. The fourth-order valence-electron chi connectivity index (χ4n) is 1.58. The molecule has 0 aliphatic heterocycles. The van der Waals surface area contributed by atoms with Crippen molar-refractivity contribution in [2.45, 2.75) is 13.8 Å². The Morgan fingerprint density at radius 1 is 0.812 bits per heavy atom. The highest BCUT2D eigenvalue weighted by molar-refractivity contribution is 7.16. The van der Waals surface area contributed by atoms with Crippen LogP contribution in [0.3, 0.4) is 0 Å². The third-order valence-corrected chi connectivity index (χ3v) is 4.06. The molecule has 1 aliphatic rings. The van der Waals surface area contributed by atoms with E-state index in [1.165, 1.54) is 22.7 Å². The van der Waals surface area contributed by atoms with Crippen LogP contribution in [0.15, 0.2) is 22.9 Å². The van der Waals surface area contributed by atoms with Gasteiger partial charge in [0.1, 0.15) is 0 Å². The fraction of sp³-hybridized carbons (Fsp3) is 0.167. The standard InChI is InChI=1S/C10H4O2S2.C2H6/c11-7-5-1-3-13-9(5)8(12)10-6(7)2-4-14-10;1-2/h1-4H;1-2H3. The molecule has 2 aromatic rings. The van der Waals surface area contributed by atoms with E-state index in [0.29, 0.717) is 20.9 Å². The van der Waals surface area contributed by atoms with Crippen LogP contribution >= 0.6 is 22.7 Å². The Balaban J connectivity index is 0.000000457. The van der Waals surface area contributed by atoms with Gasteiger partial charge in [-0.1, -0.05) is 13.8 Å². The molecule has 0 saturated heterocycles. The minimum absolute atomic E-state index is 0.000370. The highest BCUT2D eigenvalue weighted by Gasteiger charge is 2.31. The fourth-order valence-corrected chi connectivity index (χ4v) is 3.31. The van der Waals surface area contributed by atoms with Crippen molar-refractivity contribution in [3.63, 3.8) is 0 Å². The quantitative estimate of drug-likeness (QED) is 0.610. The van der Waals surface area contributed by atoms with Crippen molar-refractivity contribution >= 4 is 34.2 Å². The molecule has 0 fully saturated rings. The van der Waals surface area contributed by atoms with Crippen molar-refractivity contribution < 1.29 is 9.59 Å². The van der Waals surface area contributed by atoms with Crippen molar-refractivity contribution in [2.75, 3.05) is 0 Å². The second-order valence-corrected chi connectivity index (χ2v) is 4.82. The van der Waals surface area contributed by atoms with E-state index in [9.17, 15) is 9.59 Å². The van der Waals surface area contributed by atoms with E-state index in [1.54, 1.807) is 22.9 Å². The molecule has 0 saturated carbocycles. The van der Waals surface area contributed by atoms with Gasteiger partial charge in [0.2, 0.25) is 5.78 Å². The first-order valence-electron chi connectivity index (χ1n) is 5.03. The molecular formula is C12H10O2S2. The Morgan fingerprint density at radius 2 is 1.25 bits per heavy atom. The van der Waals surface area contributed by atoms with Gasteiger partial charge in [-0.05, 0) is 22.9 Å². The molecule has 2 aromatic heterocycles. The molecule has 0 atom stereocenters. The van der Waals surface area contributed by atoms with E-state index in [2.05, 4.69) is 0 Å². The first-order chi connectivity index (χ1) is 7.79. The summed E-state index contributed by atoms with van der Waals surface area (Å²) in [5.74, 6) is -0.0169. The van der Waals surface area contributed by atoms with Gasteiger partial charge in [-0.15, -0.1) is 22.7 Å². The first-order valence-corrected chi connectivity index (χ1v) is 6.79. The monoisotopic (exact) mass is 250 g/mol. The third-order valence-electron chi connectivity index (χ3n) is 2.23. The number of thiophene rings is 2. The molecule has 0 bridgehead atoms.